The number of hydrogen-bond acceptors (Lipinski definition) is 5. The van der Waals surface area contributed by atoms with Crippen LogP contribution in [0.15, 0.2) is 14.1 Å². The molecule has 1 amide bonds. The van der Waals surface area contributed by atoms with Crippen LogP contribution in [0.5, 0.6) is 0 Å². The molecule has 6 nitrogen and oxygen atoms in total. The SMILES string of the molecule is Cc1cc(S(=O)(=O)NCCOC(N)=O)sc1Br. The Morgan fingerprint density at radius 2 is 2.29 bits per heavy atom. The standard InChI is InChI=1S/C8H11BrN2O4S2/c1-5-4-6(16-7(5)9)17(13,14)11-2-3-15-8(10)12/h4,11H,2-3H2,1H3,(H2,10,12). The first kappa shape index (κ1) is 14.4. The lowest BCUT2D eigenvalue weighted by Gasteiger charge is -2.04. The van der Waals surface area contributed by atoms with E-state index in [1.807, 2.05) is 0 Å². The van der Waals surface area contributed by atoms with Gasteiger partial charge in [-0.05, 0) is 34.5 Å². The fraction of sp³-hybridized carbons (Fsp3) is 0.375. The quantitative estimate of drug-likeness (QED) is 0.785. The van der Waals surface area contributed by atoms with Gasteiger partial charge in [-0.25, -0.2) is 17.9 Å². The van der Waals surface area contributed by atoms with Crippen LogP contribution in [-0.4, -0.2) is 27.7 Å². The summed E-state index contributed by atoms with van der Waals surface area (Å²) in [6, 6.07) is 1.56. The van der Waals surface area contributed by atoms with Crippen LogP contribution < -0.4 is 10.5 Å². The number of carbonyl (C=O) groups is 1. The van der Waals surface area contributed by atoms with Gasteiger partial charge in [0.25, 0.3) is 0 Å². The molecule has 0 bridgehead atoms. The molecule has 3 N–H and O–H groups in total. The summed E-state index contributed by atoms with van der Waals surface area (Å²) in [5, 5.41) is 0. The van der Waals surface area contributed by atoms with Gasteiger partial charge in [0.15, 0.2) is 0 Å². The van der Waals surface area contributed by atoms with Crippen LogP contribution in [0.2, 0.25) is 0 Å². The fourth-order valence-corrected chi connectivity index (χ4v) is 4.25. The molecule has 0 saturated carbocycles. The first-order valence-electron chi connectivity index (χ1n) is 4.51. The molecule has 1 rings (SSSR count). The first-order valence-corrected chi connectivity index (χ1v) is 7.60. The summed E-state index contributed by atoms with van der Waals surface area (Å²) < 4.78 is 31.2. The molecule has 0 aliphatic carbocycles. The van der Waals surface area contributed by atoms with Crippen molar-refractivity contribution in [1.29, 1.82) is 0 Å². The molecule has 0 aliphatic heterocycles. The van der Waals surface area contributed by atoms with Gasteiger partial charge in [-0.1, -0.05) is 0 Å². The second kappa shape index (κ2) is 5.80. The third-order valence-electron chi connectivity index (χ3n) is 1.74. The first-order chi connectivity index (χ1) is 7.83. The molecule has 1 aromatic rings. The molecule has 9 heteroatoms. The second-order valence-corrected chi connectivity index (χ2v) is 7.45. The van der Waals surface area contributed by atoms with E-state index in [9.17, 15) is 13.2 Å². The van der Waals surface area contributed by atoms with E-state index < -0.39 is 16.1 Å². The van der Waals surface area contributed by atoms with Crippen molar-refractivity contribution >= 4 is 43.4 Å². The van der Waals surface area contributed by atoms with Crippen LogP contribution in [0.25, 0.3) is 0 Å². The Balaban J connectivity index is 2.60. The minimum atomic E-state index is -3.55. The number of aryl methyl sites for hydroxylation is 1. The van der Waals surface area contributed by atoms with Gasteiger partial charge in [0.1, 0.15) is 10.8 Å². The fourth-order valence-electron chi connectivity index (χ4n) is 0.963. The summed E-state index contributed by atoms with van der Waals surface area (Å²) in [4.78, 5) is 10.3. The van der Waals surface area contributed by atoms with Crippen LogP contribution in [0.3, 0.4) is 0 Å². The van der Waals surface area contributed by atoms with Crippen LogP contribution >= 0.6 is 27.3 Å². The Hall–Kier alpha value is -0.640. The normalized spacial score (nSPS) is 11.4. The van der Waals surface area contributed by atoms with Gasteiger partial charge >= 0.3 is 6.09 Å². The molecule has 96 valence electrons. The molecule has 1 aromatic heterocycles. The van der Waals surface area contributed by atoms with Crippen molar-refractivity contribution in [2.24, 2.45) is 5.73 Å². The number of carbonyl (C=O) groups excluding carboxylic acids is 1. The molecule has 0 fully saturated rings. The number of nitrogens with one attached hydrogen (secondary N) is 1. The predicted octanol–water partition coefficient (Wildman–Crippen LogP) is 1.19. The predicted molar refractivity (Wildman–Crippen MR) is 67.5 cm³/mol. The van der Waals surface area contributed by atoms with Crippen molar-refractivity contribution in [3.05, 3.63) is 15.4 Å². The lowest BCUT2D eigenvalue weighted by atomic mass is 10.4. The number of sulfonamides is 1. The average Bonchev–Trinajstić information content (AvgIpc) is 2.55. The van der Waals surface area contributed by atoms with Crippen molar-refractivity contribution in [2.75, 3.05) is 13.2 Å². The Kier molecular flexibility index (Phi) is 4.92. The highest BCUT2D eigenvalue weighted by atomic mass is 79.9. The van der Waals surface area contributed by atoms with E-state index in [4.69, 9.17) is 5.73 Å². The number of halogens is 1. The highest BCUT2D eigenvalue weighted by molar-refractivity contribution is 9.11. The van der Waals surface area contributed by atoms with Crippen molar-refractivity contribution in [1.82, 2.24) is 4.72 Å². The smallest absolute Gasteiger partial charge is 0.404 e. The minimum absolute atomic E-state index is 0.0140. The summed E-state index contributed by atoms with van der Waals surface area (Å²) in [6.45, 7) is 1.69. The lowest BCUT2D eigenvalue weighted by Crippen LogP contribution is -2.28. The Bertz CT molecular complexity index is 492. The Morgan fingerprint density at radius 3 is 2.76 bits per heavy atom. The average molecular weight is 343 g/mol. The molecule has 0 saturated heterocycles. The third kappa shape index (κ3) is 4.26. The molecule has 0 atom stereocenters. The molecule has 0 spiro atoms. The van der Waals surface area contributed by atoms with Gasteiger partial charge in [0.05, 0.1) is 3.79 Å². The number of hydrogen-bond donors (Lipinski definition) is 2. The van der Waals surface area contributed by atoms with Gasteiger partial charge in [-0.2, -0.15) is 0 Å². The number of nitrogens with two attached hydrogens (primary N) is 1. The number of primary amides is 1. The molecule has 0 unspecified atom stereocenters. The zero-order valence-electron chi connectivity index (χ0n) is 8.90. The minimum Gasteiger partial charge on any atom is -0.448 e. The van der Waals surface area contributed by atoms with Gasteiger partial charge in [0, 0.05) is 6.54 Å². The maximum absolute atomic E-state index is 11.7. The van der Waals surface area contributed by atoms with Crippen molar-refractivity contribution in [3.63, 3.8) is 0 Å². The van der Waals surface area contributed by atoms with Crippen LogP contribution in [-0.2, 0) is 14.8 Å². The summed E-state index contributed by atoms with van der Waals surface area (Å²) in [5.41, 5.74) is 5.58. The van der Waals surface area contributed by atoms with Crippen LogP contribution in [0, 0.1) is 6.92 Å². The number of ether oxygens (including phenoxy) is 1. The van der Waals surface area contributed by atoms with E-state index in [2.05, 4.69) is 25.4 Å². The van der Waals surface area contributed by atoms with E-state index >= 15 is 0 Å². The Morgan fingerprint density at radius 1 is 1.65 bits per heavy atom. The van der Waals surface area contributed by atoms with Crippen molar-refractivity contribution in [2.45, 2.75) is 11.1 Å². The van der Waals surface area contributed by atoms with E-state index in [1.165, 1.54) is 0 Å². The number of amides is 1. The number of thiophene rings is 1. The summed E-state index contributed by atoms with van der Waals surface area (Å²) >= 11 is 4.37. The van der Waals surface area contributed by atoms with Gasteiger partial charge in [-0.3, -0.25) is 0 Å². The highest BCUT2D eigenvalue weighted by Crippen LogP contribution is 2.30. The largest absolute Gasteiger partial charge is 0.448 e. The van der Waals surface area contributed by atoms with E-state index in [1.54, 1.807) is 13.0 Å². The summed E-state index contributed by atoms with van der Waals surface area (Å²) in [7, 11) is -3.55. The zero-order valence-corrected chi connectivity index (χ0v) is 12.1. The zero-order chi connectivity index (χ0) is 13.1. The van der Waals surface area contributed by atoms with Gasteiger partial charge in [0.2, 0.25) is 10.0 Å². The van der Waals surface area contributed by atoms with Gasteiger partial charge < -0.3 is 10.5 Å². The maximum atomic E-state index is 11.7. The Labute approximate surface area is 111 Å². The second-order valence-electron chi connectivity index (χ2n) is 3.09. The molecule has 0 aliphatic rings. The molecule has 0 radical (unpaired) electrons. The summed E-state index contributed by atoms with van der Waals surface area (Å²) in [5.74, 6) is 0. The third-order valence-corrected chi connectivity index (χ3v) is 5.81. The molecular formula is C8H11BrN2O4S2. The lowest BCUT2D eigenvalue weighted by molar-refractivity contribution is 0.159. The van der Waals surface area contributed by atoms with E-state index in [-0.39, 0.29) is 17.4 Å². The summed E-state index contributed by atoms with van der Waals surface area (Å²) in [6.07, 6.45) is -0.932. The molecule has 0 aromatic carbocycles. The molecular weight excluding hydrogens is 332 g/mol. The van der Waals surface area contributed by atoms with E-state index in [0.717, 1.165) is 20.7 Å². The van der Waals surface area contributed by atoms with Crippen molar-refractivity contribution < 1.29 is 17.9 Å². The monoisotopic (exact) mass is 342 g/mol. The highest BCUT2D eigenvalue weighted by Gasteiger charge is 2.17. The molecule has 1 heterocycles. The van der Waals surface area contributed by atoms with Crippen LogP contribution in [0.4, 0.5) is 4.79 Å². The maximum Gasteiger partial charge on any atom is 0.404 e. The molecule has 17 heavy (non-hydrogen) atoms. The van der Waals surface area contributed by atoms with Gasteiger partial charge in [-0.15, -0.1) is 11.3 Å². The number of rotatable bonds is 5. The topological polar surface area (TPSA) is 98.5 Å². The van der Waals surface area contributed by atoms with Crippen molar-refractivity contribution in [3.8, 4) is 0 Å². The van der Waals surface area contributed by atoms with E-state index in [0.29, 0.717) is 0 Å². The van der Waals surface area contributed by atoms with Crippen LogP contribution in [0.1, 0.15) is 5.56 Å².